The fourth-order valence-electron chi connectivity index (χ4n) is 3.58. The molecular weight excluding hydrogens is 563 g/mol. The van der Waals surface area contributed by atoms with Crippen molar-refractivity contribution in [1.29, 1.82) is 0 Å². The summed E-state index contributed by atoms with van der Waals surface area (Å²) in [5.41, 5.74) is -2.99. The molecule has 0 saturated carbocycles. The van der Waals surface area contributed by atoms with Gasteiger partial charge < -0.3 is 9.47 Å². The van der Waals surface area contributed by atoms with Gasteiger partial charge in [0.15, 0.2) is 17.5 Å². The maximum atomic E-state index is 14.7. The maximum absolute atomic E-state index is 14.7. The molecule has 0 spiro atoms. The lowest BCUT2D eigenvalue weighted by atomic mass is 10.0. The van der Waals surface area contributed by atoms with Crippen LogP contribution in [0, 0.1) is 52.6 Å². The summed E-state index contributed by atoms with van der Waals surface area (Å²) in [6, 6.07) is 7.10. The van der Waals surface area contributed by atoms with Crippen LogP contribution in [0.2, 0.25) is 0 Å². The summed E-state index contributed by atoms with van der Waals surface area (Å²) in [6.45, 7) is 3.41. The third-order valence-electron chi connectivity index (χ3n) is 5.48. The first kappa shape index (κ1) is 29.1. The minimum absolute atomic E-state index is 0.00255. The third kappa shape index (κ3) is 6.49. The van der Waals surface area contributed by atoms with Gasteiger partial charge in [0.2, 0.25) is 0 Å². The van der Waals surface area contributed by atoms with Gasteiger partial charge in [-0.15, -0.1) is 0 Å². The number of hydrogen-bond donors (Lipinski definition) is 0. The highest BCUT2D eigenvalue weighted by Gasteiger charge is 2.38. The Kier molecular flexibility index (Phi) is 8.33. The molecule has 0 aliphatic heterocycles. The molecule has 4 aromatic carbocycles. The Bertz CT molecular complexity index is 1660. The van der Waals surface area contributed by atoms with Crippen LogP contribution in [0.25, 0.3) is 11.1 Å². The van der Waals surface area contributed by atoms with Gasteiger partial charge in [0.25, 0.3) is 0 Å². The molecule has 2 nitrogen and oxygen atoms in total. The molecule has 0 aliphatic carbocycles. The number of alkyl halides is 2. The summed E-state index contributed by atoms with van der Waals surface area (Å²) in [6.07, 6.45) is -2.97. The first-order valence-corrected chi connectivity index (χ1v) is 11.5. The lowest BCUT2D eigenvalue weighted by molar-refractivity contribution is -0.187. The molecule has 0 bridgehead atoms. The van der Waals surface area contributed by atoms with Gasteiger partial charge in [-0.1, -0.05) is 24.5 Å². The second-order valence-corrected chi connectivity index (χ2v) is 8.32. The summed E-state index contributed by atoms with van der Waals surface area (Å²) in [7, 11) is 0. The maximum Gasteiger partial charge on any atom is 0.429 e. The smallest absolute Gasteiger partial charge is 0.429 e. The van der Waals surface area contributed by atoms with Crippen molar-refractivity contribution in [3.05, 3.63) is 131 Å². The molecule has 0 aliphatic rings. The molecule has 0 heterocycles. The molecule has 0 aromatic heterocycles. The van der Waals surface area contributed by atoms with Crippen LogP contribution in [0.3, 0.4) is 0 Å². The lowest BCUT2D eigenvalue weighted by Gasteiger charge is -2.19. The zero-order chi connectivity index (χ0) is 29.9. The zero-order valence-corrected chi connectivity index (χ0v) is 20.5. The van der Waals surface area contributed by atoms with Crippen molar-refractivity contribution in [3.8, 4) is 34.5 Å². The van der Waals surface area contributed by atoms with Crippen LogP contribution in [0.1, 0.15) is 16.7 Å². The number of halogens is 9. The summed E-state index contributed by atoms with van der Waals surface area (Å²) < 4.78 is 137. The van der Waals surface area contributed by atoms with Crippen LogP contribution >= 0.6 is 0 Å². The topological polar surface area (TPSA) is 18.5 Å². The van der Waals surface area contributed by atoms with E-state index in [-0.39, 0.29) is 17.9 Å². The van der Waals surface area contributed by atoms with E-state index < -0.39 is 74.8 Å². The van der Waals surface area contributed by atoms with Gasteiger partial charge >= 0.3 is 6.11 Å². The molecule has 0 radical (unpaired) electrons. The fraction of sp³-hybridized carbons (Fsp3) is 0.0667. The van der Waals surface area contributed by atoms with Crippen molar-refractivity contribution in [2.45, 2.75) is 6.11 Å². The summed E-state index contributed by atoms with van der Waals surface area (Å²) in [4.78, 5) is 0. The van der Waals surface area contributed by atoms with Crippen LogP contribution in [0.15, 0.2) is 73.3 Å². The SMILES string of the molecule is C=CCOc1cc(F)c(C#Cc2ccc(C(F)(F)Oc3ccc(-c4cc(F)c(F)c(F)c4)c(F)c3)c(F)c2)c(F)c1. The Labute approximate surface area is 227 Å². The van der Waals surface area contributed by atoms with Gasteiger partial charge in [0.1, 0.15) is 46.9 Å². The van der Waals surface area contributed by atoms with Gasteiger partial charge in [-0.3, -0.25) is 0 Å². The van der Waals surface area contributed by atoms with Gasteiger partial charge in [0, 0.05) is 29.3 Å². The Hall–Kier alpha value is -4.85. The molecule has 0 fully saturated rings. The molecule has 4 rings (SSSR count). The summed E-state index contributed by atoms with van der Waals surface area (Å²) in [5, 5.41) is 0. The first-order valence-electron chi connectivity index (χ1n) is 11.5. The predicted molar refractivity (Wildman–Crippen MR) is 131 cm³/mol. The van der Waals surface area contributed by atoms with Crippen molar-refractivity contribution in [2.75, 3.05) is 6.61 Å². The standard InChI is InChI=1S/C30H15F9O2/c1-2-9-40-19-14-24(32)21(25(33)15-19)6-3-16-4-8-22(26(34)10-16)30(38,39)41-18-5-7-20(23(31)13-18)17-11-27(35)29(37)28(36)12-17/h2,4-5,7-8,10-15H,1,9H2. The second-order valence-electron chi connectivity index (χ2n) is 8.32. The highest BCUT2D eigenvalue weighted by Crippen LogP contribution is 2.36. The molecule has 0 saturated heterocycles. The van der Waals surface area contributed by atoms with Crippen molar-refractivity contribution in [3.63, 3.8) is 0 Å². The van der Waals surface area contributed by atoms with Gasteiger partial charge in [-0.2, -0.15) is 8.78 Å². The van der Waals surface area contributed by atoms with E-state index in [0.29, 0.717) is 30.3 Å². The minimum atomic E-state index is -4.34. The Morgan fingerprint density at radius 2 is 1.32 bits per heavy atom. The predicted octanol–water partition coefficient (Wildman–Crippen LogP) is 8.42. The first-order chi connectivity index (χ1) is 19.4. The summed E-state index contributed by atoms with van der Waals surface area (Å²) in [5.74, 6) is -6.25. The Morgan fingerprint density at radius 1 is 0.683 bits per heavy atom. The molecule has 210 valence electrons. The number of rotatable bonds is 7. The van der Waals surface area contributed by atoms with E-state index in [1.807, 2.05) is 0 Å². The highest BCUT2D eigenvalue weighted by molar-refractivity contribution is 5.65. The van der Waals surface area contributed by atoms with E-state index in [1.165, 1.54) is 6.08 Å². The van der Waals surface area contributed by atoms with Crippen molar-refractivity contribution < 1.29 is 49.0 Å². The van der Waals surface area contributed by atoms with Gasteiger partial charge in [-0.05, 0) is 48.0 Å². The lowest BCUT2D eigenvalue weighted by Crippen LogP contribution is -2.23. The normalized spacial score (nSPS) is 11.0. The molecule has 41 heavy (non-hydrogen) atoms. The fourth-order valence-corrected chi connectivity index (χ4v) is 3.58. The van der Waals surface area contributed by atoms with Crippen LogP contribution in [-0.2, 0) is 6.11 Å². The van der Waals surface area contributed by atoms with Crippen molar-refractivity contribution >= 4 is 0 Å². The summed E-state index contributed by atoms with van der Waals surface area (Å²) >= 11 is 0. The third-order valence-corrected chi connectivity index (χ3v) is 5.48. The highest BCUT2D eigenvalue weighted by atomic mass is 19.3. The van der Waals surface area contributed by atoms with E-state index in [9.17, 15) is 39.5 Å². The molecular formula is C30H15F9O2. The van der Waals surface area contributed by atoms with Crippen LogP contribution in [0.5, 0.6) is 11.5 Å². The van der Waals surface area contributed by atoms with Crippen LogP contribution < -0.4 is 9.47 Å². The van der Waals surface area contributed by atoms with E-state index in [1.54, 1.807) is 0 Å². The van der Waals surface area contributed by atoms with Crippen LogP contribution in [-0.4, -0.2) is 6.61 Å². The zero-order valence-electron chi connectivity index (χ0n) is 20.5. The number of hydrogen-bond acceptors (Lipinski definition) is 2. The second kappa shape index (κ2) is 11.7. The monoisotopic (exact) mass is 578 g/mol. The molecule has 0 atom stereocenters. The van der Waals surface area contributed by atoms with Crippen molar-refractivity contribution in [1.82, 2.24) is 0 Å². The van der Waals surface area contributed by atoms with E-state index in [4.69, 9.17) is 4.74 Å². The van der Waals surface area contributed by atoms with E-state index in [2.05, 4.69) is 23.2 Å². The molecule has 4 aromatic rings. The average molecular weight is 578 g/mol. The number of benzene rings is 4. The van der Waals surface area contributed by atoms with Crippen molar-refractivity contribution in [2.24, 2.45) is 0 Å². The molecule has 0 unspecified atom stereocenters. The molecule has 0 amide bonds. The Morgan fingerprint density at radius 3 is 1.90 bits per heavy atom. The van der Waals surface area contributed by atoms with E-state index in [0.717, 1.165) is 30.3 Å². The van der Waals surface area contributed by atoms with Gasteiger partial charge in [0.05, 0.1) is 5.56 Å². The quantitative estimate of drug-likeness (QED) is 0.0949. The average Bonchev–Trinajstić information content (AvgIpc) is 2.89. The Balaban J connectivity index is 1.54. The largest absolute Gasteiger partial charge is 0.489 e. The van der Waals surface area contributed by atoms with E-state index >= 15 is 0 Å². The molecule has 11 heteroatoms. The van der Waals surface area contributed by atoms with Crippen LogP contribution in [0.4, 0.5) is 39.5 Å². The molecule has 0 N–H and O–H groups in total. The number of ether oxygens (including phenoxy) is 2. The minimum Gasteiger partial charge on any atom is -0.489 e. The van der Waals surface area contributed by atoms with Gasteiger partial charge in [-0.25, -0.2) is 30.7 Å².